The molecule has 6 nitrogen and oxygen atoms in total. The summed E-state index contributed by atoms with van der Waals surface area (Å²) < 4.78 is 0. The van der Waals surface area contributed by atoms with Crippen LogP contribution in [0.4, 0.5) is 11.4 Å². The van der Waals surface area contributed by atoms with Crippen LogP contribution in [0.3, 0.4) is 0 Å². The zero-order valence-corrected chi connectivity index (χ0v) is 16.5. The number of hydrogen-bond acceptors (Lipinski definition) is 4. The van der Waals surface area contributed by atoms with E-state index >= 15 is 0 Å². The summed E-state index contributed by atoms with van der Waals surface area (Å²) in [6.07, 6.45) is 7.94. The molecule has 2 aromatic rings. The van der Waals surface area contributed by atoms with Gasteiger partial charge in [-0.1, -0.05) is 44.0 Å². The number of allylic oxidation sites excluding steroid dienone is 4. The summed E-state index contributed by atoms with van der Waals surface area (Å²) in [6, 6.07) is 11.6. The largest absolute Gasteiger partial charge is 0.399 e. The van der Waals surface area contributed by atoms with Crippen LogP contribution in [0, 0.1) is 0 Å². The van der Waals surface area contributed by atoms with Crippen LogP contribution >= 0.6 is 0 Å². The van der Waals surface area contributed by atoms with E-state index in [9.17, 15) is 9.59 Å². The van der Waals surface area contributed by atoms with E-state index in [4.69, 9.17) is 11.5 Å². The highest BCUT2D eigenvalue weighted by Crippen LogP contribution is 2.23. The molecule has 0 aliphatic rings. The molecule has 0 fully saturated rings. The molecule has 2 rings (SSSR count). The smallest absolute Gasteiger partial charge is 0.255 e. The molecule has 0 aliphatic heterocycles. The summed E-state index contributed by atoms with van der Waals surface area (Å²) in [7, 11) is 0. The molecular formula is C24H24N4O2. The Hall–Kier alpha value is -4.32. The van der Waals surface area contributed by atoms with Gasteiger partial charge in [0.25, 0.3) is 11.8 Å². The maximum Gasteiger partial charge on any atom is 0.255 e. The van der Waals surface area contributed by atoms with Crippen molar-refractivity contribution in [2.24, 2.45) is 5.73 Å². The van der Waals surface area contributed by atoms with Gasteiger partial charge < -0.3 is 22.1 Å². The third-order valence-corrected chi connectivity index (χ3v) is 4.04. The molecule has 0 radical (unpaired) electrons. The maximum absolute atomic E-state index is 12.7. The predicted molar refractivity (Wildman–Crippen MR) is 124 cm³/mol. The van der Waals surface area contributed by atoms with E-state index in [1.807, 2.05) is 0 Å². The first kappa shape index (κ1) is 22.0. The zero-order chi connectivity index (χ0) is 22.1. The number of hydrogen-bond donors (Lipinski definition) is 4. The summed E-state index contributed by atoms with van der Waals surface area (Å²) in [6.45, 7) is 10.9. The number of carbonyl (C=O) groups excluding carboxylic acids is 2. The van der Waals surface area contributed by atoms with Gasteiger partial charge in [-0.05, 0) is 48.6 Å². The van der Waals surface area contributed by atoms with E-state index in [2.05, 4.69) is 30.4 Å². The fourth-order valence-electron chi connectivity index (χ4n) is 2.56. The second-order valence-electron chi connectivity index (χ2n) is 6.26. The lowest BCUT2D eigenvalue weighted by molar-refractivity contribution is 0.0967. The second kappa shape index (κ2) is 10.3. The zero-order valence-electron chi connectivity index (χ0n) is 16.5. The molecule has 2 amide bonds. The minimum absolute atomic E-state index is 0.319. The number of anilines is 2. The highest BCUT2D eigenvalue weighted by atomic mass is 16.2. The van der Waals surface area contributed by atoms with Crippen LogP contribution in [0.25, 0.3) is 6.08 Å². The minimum Gasteiger partial charge on any atom is -0.399 e. The van der Waals surface area contributed by atoms with Crippen molar-refractivity contribution in [2.45, 2.75) is 0 Å². The molecule has 0 unspecified atom stereocenters. The van der Waals surface area contributed by atoms with E-state index in [0.717, 1.165) is 0 Å². The average Bonchev–Trinajstić information content (AvgIpc) is 2.73. The van der Waals surface area contributed by atoms with Crippen molar-refractivity contribution < 1.29 is 9.59 Å². The van der Waals surface area contributed by atoms with E-state index in [-0.39, 0.29) is 11.8 Å². The van der Waals surface area contributed by atoms with Crippen LogP contribution in [0.5, 0.6) is 0 Å². The predicted octanol–water partition coefficient (Wildman–Crippen LogP) is 3.99. The molecule has 0 spiro atoms. The highest BCUT2D eigenvalue weighted by molar-refractivity contribution is 6.07. The van der Waals surface area contributed by atoms with E-state index in [1.165, 1.54) is 12.1 Å². The molecule has 0 saturated carbocycles. The molecule has 0 heterocycles. The minimum atomic E-state index is -0.383. The molecule has 0 atom stereocenters. The van der Waals surface area contributed by atoms with Gasteiger partial charge in [-0.2, -0.15) is 0 Å². The van der Waals surface area contributed by atoms with Gasteiger partial charge in [-0.25, -0.2) is 0 Å². The van der Waals surface area contributed by atoms with Crippen molar-refractivity contribution in [3.8, 4) is 0 Å². The van der Waals surface area contributed by atoms with Gasteiger partial charge in [-0.15, -0.1) is 0 Å². The SMILES string of the molecule is C=C/C(=C\C=C/C(=C)N)NC(=O)c1cccc(C(=O)Nc2cccc(N)c2C=C)c1. The van der Waals surface area contributed by atoms with Gasteiger partial charge in [-0.3, -0.25) is 9.59 Å². The molecule has 6 heteroatoms. The Morgan fingerprint density at radius 1 is 1.00 bits per heavy atom. The Balaban J connectivity index is 2.19. The molecule has 0 saturated heterocycles. The number of rotatable bonds is 8. The third kappa shape index (κ3) is 5.84. The number of nitrogen functional groups attached to an aromatic ring is 1. The molecule has 6 N–H and O–H groups in total. The number of benzene rings is 2. The van der Waals surface area contributed by atoms with Crippen LogP contribution in [0.15, 0.2) is 97.9 Å². The molecular weight excluding hydrogens is 376 g/mol. The van der Waals surface area contributed by atoms with E-state index < -0.39 is 0 Å². The van der Waals surface area contributed by atoms with Crippen molar-refractivity contribution >= 4 is 29.3 Å². The van der Waals surface area contributed by atoms with Crippen LogP contribution in [0.1, 0.15) is 26.3 Å². The van der Waals surface area contributed by atoms with Gasteiger partial charge >= 0.3 is 0 Å². The second-order valence-corrected chi connectivity index (χ2v) is 6.26. The molecule has 0 aromatic heterocycles. The van der Waals surface area contributed by atoms with Crippen LogP contribution in [-0.4, -0.2) is 11.8 Å². The maximum atomic E-state index is 12.7. The summed E-state index contributed by atoms with van der Waals surface area (Å²) in [5.41, 5.74) is 14.6. The van der Waals surface area contributed by atoms with Crippen LogP contribution in [0.2, 0.25) is 0 Å². The first-order valence-corrected chi connectivity index (χ1v) is 9.04. The lowest BCUT2D eigenvalue weighted by Crippen LogP contribution is -2.22. The normalized spacial score (nSPS) is 11.0. The van der Waals surface area contributed by atoms with E-state index in [0.29, 0.717) is 39.5 Å². The van der Waals surface area contributed by atoms with Crippen molar-refractivity contribution in [1.29, 1.82) is 0 Å². The Morgan fingerprint density at radius 2 is 1.67 bits per heavy atom. The summed E-state index contributed by atoms with van der Waals surface area (Å²) >= 11 is 0. The Morgan fingerprint density at radius 3 is 2.30 bits per heavy atom. The molecule has 30 heavy (non-hydrogen) atoms. The average molecular weight is 400 g/mol. The summed E-state index contributed by atoms with van der Waals surface area (Å²) in [5, 5.41) is 5.52. The van der Waals surface area contributed by atoms with Gasteiger partial charge in [0.15, 0.2) is 0 Å². The summed E-state index contributed by atoms with van der Waals surface area (Å²) in [5.74, 6) is -0.756. The number of carbonyl (C=O) groups is 2. The lowest BCUT2D eigenvalue weighted by Gasteiger charge is -2.11. The first-order chi connectivity index (χ1) is 14.3. The number of amides is 2. The molecule has 2 aromatic carbocycles. The number of nitrogens with two attached hydrogens (primary N) is 2. The standard InChI is InChI=1S/C24H24N4O2/c1-4-19(12-6-9-16(3)25)27-23(29)17-10-7-11-18(15-17)24(30)28-22-14-8-13-21(26)20(22)5-2/h4-15H,1-3,25-26H2,(H,27,29)(H,28,30)/b9-6-,19-12+. The lowest BCUT2D eigenvalue weighted by atomic mass is 10.1. The topological polar surface area (TPSA) is 110 Å². The van der Waals surface area contributed by atoms with Crippen molar-refractivity contribution in [3.05, 3.63) is 115 Å². The van der Waals surface area contributed by atoms with Crippen LogP contribution < -0.4 is 22.1 Å². The van der Waals surface area contributed by atoms with Crippen LogP contribution in [-0.2, 0) is 0 Å². The van der Waals surface area contributed by atoms with Gasteiger partial charge in [0.2, 0.25) is 0 Å². The summed E-state index contributed by atoms with van der Waals surface area (Å²) in [4.78, 5) is 25.2. The fraction of sp³-hybridized carbons (Fsp3) is 0. The van der Waals surface area contributed by atoms with Gasteiger partial charge in [0.05, 0.1) is 5.69 Å². The van der Waals surface area contributed by atoms with Crippen molar-refractivity contribution in [2.75, 3.05) is 11.1 Å². The van der Waals surface area contributed by atoms with Gasteiger partial charge in [0, 0.05) is 33.8 Å². The Labute approximate surface area is 176 Å². The first-order valence-electron chi connectivity index (χ1n) is 9.04. The van der Waals surface area contributed by atoms with Crippen molar-refractivity contribution in [1.82, 2.24) is 5.32 Å². The Bertz CT molecular complexity index is 1060. The van der Waals surface area contributed by atoms with E-state index in [1.54, 1.807) is 60.7 Å². The number of nitrogens with one attached hydrogen (secondary N) is 2. The molecule has 152 valence electrons. The quantitative estimate of drug-likeness (QED) is 0.397. The monoisotopic (exact) mass is 400 g/mol. The molecule has 0 aliphatic carbocycles. The van der Waals surface area contributed by atoms with Crippen molar-refractivity contribution in [3.63, 3.8) is 0 Å². The fourth-order valence-corrected chi connectivity index (χ4v) is 2.56. The highest BCUT2D eigenvalue weighted by Gasteiger charge is 2.13. The third-order valence-electron chi connectivity index (χ3n) is 4.04. The van der Waals surface area contributed by atoms with Gasteiger partial charge in [0.1, 0.15) is 0 Å². The molecule has 0 bridgehead atoms. The Kier molecular flexibility index (Phi) is 7.53.